The highest BCUT2D eigenvalue weighted by Gasteiger charge is 2.36. The van der Waals surface area contributed by atoms with Crippen LogP contribution in [0.15, 0.2) is 0 Å². The summed E-state index contributed by atoms with van der Waals surface area (Å²) in [4.78, 5) is 0. The summed E-state index contributed by atoms with van der Waals surface area (Å²) < 4.78 is 17.5. The summed E-state index contributed by atoms with van der Waals surface area (Å²) in [6.45, 7) is 6.72. The molecule has 0 amide bonds. The standard InChI is InChI=1S/C20H40O3/c1-5-18(2)20(15-21-3,16-22-4)17-23-19-13-11-9-7-6-8-10-12-14-19/h18-19H,5-17H2,1-4H3. The first-order valence-electron chi connectivity index (χ1n) is 9.78. The molecule has 1 rings (SSSR count). The zero-order valence-electron chi connectivity index (χ0n) is 16.1. The fraction of sp³-hybridized carbons (Fsp3) is 1.00. The number of methoxy groups -OCH3 is 2. The Bertz CT molecular complexity index is 264. The van der Waals surface area contributed by atoms with Crippen LogP contribution in [-0.4, -0.2) is 40.1 Å². The lowest BCUT2D eigenvalue weighted by molar-refractivity contribution is -0.102. The van der Waals surface area contributed by atoms with Gasteiger partial charge in [0.25, 0.3) is 0 Å². The summed E-state index contributed by atoms with van der Waals surface area (Å²) in [7, 11) is 3.58. The minimum absolute atomic E-state index is 0.0203. The van der Waals surface area contributed by atoms with Gasteiger partial charge in [-0.25, -0.2) is 0 Å². The van der Waals surface area contributed by atoms with Gasteiger partial charge >= 0.3 is 0 Å². The Morgan fingerprint density at radius 3 is 1.74 bits per heavy atom. The van der Waals surface area contributed by atoms with Crippen molar-refractivity contribution in [1.82, 2.24) is 0 Å². The van der Waals surface area contributed by atoms with Crippen molar-refractivity contribution in [2.75, 3.05) is 34.0 Å². The molecule has 1 fully saturated rings. The third kappa shape index (κ3) is 7.53. The Morgan fingerprint density at radius 1 is 0.826 bits per heavy atom. The van der Waals surface area contributed by atoms with Gasteiger partial charge in [0, 0.05) is 19.6 Å². The lowest BCUT2D eigenvalue weighted by Gasteiger charge is -2.38. The fourth-order valence-corrected chi connectivity index (χ4v) is 3.78. The van der Waals surface area contributed by atoms with Crippen molar-refractivity contribution in [3.05, 3.63) is 0 Å². The van der Waals surface area contributed by atoms with Crippen LogP contribution in [0.25, 0.3) is 0 Å². The fourth-order valence-electron chi connectivity index (χ4n) is 3.78. The Kier molecular flexibility index (Phi) is 11.2. The van der Waals surface area contributed by atoms with Crippen molar-refractivity contribution in [2.24, 2.45) is 11.3 Å². The van der Waals surface area contributed by atoms with Crippen LogP contribution in [0.2, 0.25) is 0 Å². The van der Waals surface area contributed by atoms with E-state index in [4.69, 9.17) is 14.2 Å². The minimum atomic E-state index is -0.0203. The van der Waals surface area contributed by atoms with E-state index in [0.717, 1.165) is 13.0 Å². The van der Waals surface area contributed by atoms with Gasteiger partial charge < -0.3 is 14.2 Å². The molecule has 1 aliphatic carbocycles. The smallest absolute Gasteiger partial charge is 0.0575 e. The first-order chi connectivity index (χ1) is 11.2. The van der Waals surface area contributed by atoms with E-state index in [9.17, 15) is 0 Å². The molecule has 0 aliphatic heterocycles. The Labute approximate surface area is 144 Å². The second-order valence-electron chi connectivity index (χ2n) is 7.52. The van der Waals surface area contributed by atoms with Crippen molar-refractivity contribution in [1.29, 1.82) is 0 Å². The van der Waals surface area contributed by atoms with Gasteiger partial charge in [-0.2, -0.15) is 0 Å². The van der Waals surface area contributed by atoms with Crippen LogP contribution in [0.5, 0.6) is 0 Å². The molecule has 0 saturated heterocycles. The molecule has 0 bridgehead atoms. The van der Waals surface area contributed by atoms with Crippen LogP contribution in [-0.2, 0) is 14.2 Å². The number of hydrogen-bond acceptors (Lipinski definition) is 3. The second kappa shape index (κ2) is 12.3. The molecule has 1 unspecified atom stereocenters. The van der Waals surface area contributed by atoms with E-state index in [1.165, 1.54) is 57.8 Å². The van der Waals surface area contributed by atoms with Crippen molar-refractivity contribution in [3.63, 3.8) is 0 Å². The summed E-state index contributed by atoms with van der Waals surface area (Å²) in [5, 5.41) is 0. The molecule has 0 aromatic rings. The largest absolute Gasteiger partial charge is 0.384 e. The number of ether oxygens (including phenoxy) is 3. The normalized spacial score (nSPS) is 20.3. The van der Waals surface area contributed by atoms with Gasteiger partial charge in [0.15, 0.2) is 0 Å². The van der Waals surface area contributed by atoms with Gasteiger partial charge in [-0.05, 0) is 18.8 Å². The van der Waals surface area contributed by atoms with Gasteiger partial charge in [-0.15, -0.1) is 0 Å². The molecular formula is C20H40O3. The maximum atomic E-state index is 6.45. The van der Waals surface area contributed by atoms with Crippen molar-refractivity contribution in [3.8, 4) is 0 Å². The van der Waals surface area contributed by atoms with Crippen molar-refractivity contribution >= 4 is 0 Å². The first kappa shape index (κ1) is 20.9. The molecule has 3 heteroatoms. The molecule has 0 radical (unpaired) electrons. The van der Waals surface area contributed by atoms with Crippen LogP contribution in [0.1, 0.15) is 78.1 Å². The third-order valence-electron chi connectivity index (χ3n) is 5.68. The highest BCUT2D eigenvalue weighted by atomic mass is 16.5. The van der Waals surface area contributed by atoms with Crippen LogP contribution in [0.3, 0.4) is 0 Å². The Hall–Kier alpha value is -0.120. The Morgan fingerprint density at radius 2 is 1.30 bits per heavy atom. The van der Waals surface area contributed by atoms with Crippen LogP contribution in [0.4, 0.5) is 0 Å². The molecule has 0 aromatic carbocycles. The monoisotopic (exact) mass is 328 g/mol. The molecule has 23 heavy (non-hydrogen) atoms. The van der Waals surface area contributed by atoms with Crippen molar-refractivity contribution < 1.29 is 14.2 Å². The molecule has 1 atom stereocenters. The zero-order chi connectivity index (χ0) is 17.0. The van der Waals surface area contributed by atoms with Crippen molar-refractivity contribution in [2.45, 2.75) is 84.2 Å². The maximum Gasteiger partial charge on any atom is 0.0575 e. The average molecular weight is 329 g/mol. The zero-order valence-corrected chi connectivity index (χ0v) is 16.1. The summed E-state index contributed by atoms with van der Waals surface area (Å²) >= 11 is 0. The van der Waals surface area contributed by atoms with Gasteiger partial charge in [-0.3, -0.25) is 0 Å². The molecule has 3 nitrogen and oxygen atoms in total. The van der Waals surface area contributed by atoms with Gasteiger partial charge in [-0.1, -0.05) is 65.2 Å². The molecule has 138 valence electrons. The molecule has 0 spiro atoms. The van der Waals surface area contributed by atoms with E-state index in [1.54, 1.807) is 14.2 Å². The molecule has 0 N–H and O–H groups in total. The van der Waals surface area contributed by atoms with E-state index in [1.807, 2.05) is 0 Å². The van der Waals surface area contributed by atoms with Gasteiger partial charge in [0.05, 0.1) is 25.9 Å². The molecule has 0 heterocycles. The second-order valence-corrected chi connectivity index (χ2v) is 7.52. The predicted octanol–water partition coefficient (Wildman–Crippen LogP) is 5.22. The molecule has 1 aliphatic rings. The SMILES string of the molecule is CCC(C)C(COC)(COC)COC1CCCCCCCCC1. The van der Waals surface area contributed by atoms with Gasteiger partial charge in [0.1, 0.15) is 0 Å². The molecule has 0 aromatic heterocycles. The van der Waals surface area contributed by atoms with E-state index in [0.29, 0.717) is 25.2 Å². The minimum Gasteiger partial charge on any atom is -0.384 e. The Balaban J connectivity index is 2.61. The number of hydrogen-bond donors (Lipinski definition) is 0. The van der Waals surface area contributed by atoms with Crippen LogP contribution < -0.4 is 0 Å². The summed E-state index contributed by atoms with van der Waals surface area (Å²) in [6.07, 6.45) is 13.6. The van der Waals surface area contributed by atoms with E-state index < -0.39 is 0 Å². The van der Waals surface area contributed by atoms with E-state index in [-0.39, 0.29) is 5.41 Å². The first-order valence-corrected chi connectivity index (χ1v) is 9.78. The molecular weight excluding hydrogens is 288 g/mol. The summed E-state index contributed by atoms with van der Waals surface area (Å²) in [5.41, 5.74) is -0.0203. The lowest BCUT2D eigenvalue weighted by atomic mass is 9.76. The van der Waals surface area contributed by atoms with Gasteiger partial charge in [0.2, 0.25) is 0 Å². The average Bonchev–Trinajstić information content (AvgIpc) is 2.57. The topological polar surface area (TPSA) is 27.7 Å². The number of rotatable bonds is 9. The van der Waals surface area contributed by atoms with E-state index >= 15 is 0 Å². The quantitative estimate of drug-likeness (QED) is 0.580. The lowest BCUT2D eigenvalue weighted by Crippen LogP contribution is -2.43. The van der Waals surface area contributed by atoms with Crippen LogP contribution in [0, 0.1) is 11.3 Å². The summed E-state index contributed by atoms with van der Waals surface area (Å²) in [6, 6.07) is 0. The van der Waals surface area contributed by atoms with Crippen LogP contribution >= 0.6 is 0 Å². The predicted molar refractivity (Wildman–Crippen MR) is 96.9 cm³/mol. The summed E-state index contributed by atoms with van der Waals surface area (Å²) in [5.74, 6) is 0.530. The third-order valence-corrected chi connectivity index (χ3v) is 5.68. The molecule has 1 saturated carbocycles. The maximum absolute atomic E-state index is 6.45. The van der Waals surface area contributed by atoms with E-state index in [2.05, 4.69) is 13.8 Å². The highest BCUT2D eigenvalue weighted by Crippen LogP contribution is 2.33. The highest BCUT2D eigenvalue weighted by molar-refractivity contribution is 4.84.